The molecule has 9 nitrogen and oxygen atoms in total. The molecule has 2 aromatic heterocycles. The molecule has 2 aromatic rings. The van der Waals surface area contributed by atoms with Crippen molar-refractivity contribution in [3.05, 3.63) is 12.7 Å². The van der Waals surface area contributed by atoms with Crippen LogP contribution in [0.1, 0.15) is 68.0 Å². The molecule has 12 heteroatoms. The summed E-state index contributed by atoms with van der Waals surface area (Å²) in [6, 6.07) is 0. The van der Waals surface area contributed by atoms with E-state index >= 15 is 0 Å². The summed E-state index contributed by atoms with van der Waals surface area (Å²) in [5.74, 6) is 0.297. The SMILES string of the molecule is CC(C)C(=O)Nc1ncnc2c1ncn2[C@H]1CC(O[Si](C)(C)C(C)(C)C)[C@@](CCl)(CO[Si](C)(C)C(C)(C)C)O1. The third-order valence-corrected chi connectivity index (χ3v) is 18.2. The number of halogens is 1. The highest BCUT2D eigenvalue weighted by Crippen LogP contribution is 2.47. The van der Waals surface area contributed by atoms with Crippen molar-refractivity contribution >= 4 is 51.1 Å². The number of carbonyl (C=O) groups excluding carboxylic acids is 1. The number of nitrogens with zero attached hydrogens (tertiary/aromatic N) is 4. The summed E-state index contributed by atoms with van der Waals surface area (Å²) in [5.41, 5.74) is 0.254. The quantitative estimate of drug-likeness (QED) is 0.253. The lowest BCUT2D eigenvalue weighted by molar-refractivity contribution is -0.118. The number of hydrogen-bond acceptors (Lipinski definition) is 7. The Morgan fingerprint density at radius 2 is 1.74 bits per heavy atom. The number of rotatable bonds is 9. The number of nitrogens with one attached hydrogen (secondary N) is 1. The number of anilines is 1. The van der Waals surface area contributed by atoms with Crippen molar-refractivity contribution in [1.29, 1.82) is 0 Å². The van der Waals surface area contributed by atoms with Crippen molar-refractivity contribution in [3.63, 3.8) is 0 Å². The van der Waals surface area contributed by atoms with E-state index in [-0.39, 0.29) is 33.9 Å². The fourth-order valence-electron chi connectivity index (χ4n) is 3.87. The molecule has 3 rings (SSSR count). The van der Waals surface area contributed by atoms with Crippen LogP contribution in [-0.2, 0) is 18.4 Å². The summed E-state index contributed by atoms with van der Waals surface area (Å²) in [4.78, 5) is 25.7. The minimum atomic E-state index is -2.17. The van der Waals surface area contributed by atoms with Gasteiger partial charge in [-0.15, -0.1) is 11.6 Å². The molecular formula is C27H48ClN5O4Si2. The number of aromatic nitrogens is 4. The number of hydrogen-bond donors (Lipinski definition) is 1. The number of imidazole rings is 1. The molecule has 3 atom stereocenters. The molecule has 0 radical (unpaired) electrons. The first-order chi connectivity index (χ1) is 17.7. The highest BCUT2D eigenvalue weighted by Gasteiger charge is 2.54. The van der Waals surface area contributed by atoms with Crippen LogP contribution >= 0.6 is 11.6 Å². The van der Waals surface area contributed by atoms with Gasteiger partial charge in [0, 0.05) is 12.3 Å². The second-order valence-electron chi connectivity index (χ2n) is 14.1. The Bertz CT molecular complexity index is 1180. The van der Waals surface area contributed by atoms with E-state index in [0.717, 1.165) is 0 Å². The first-order valence-corrected chi connectivity index (χ1v) is 20.1. The van der Waals surface area contributed by atoms with E-state index in [4.69, 9.17) is 25.2 Å². The van der Waals surface area contributed by atoms with Gasteiger partial charge in [0.2, 0.25) is 5.91 Å². The van der Waals surface area contributed by atoms with Crippen molar-refractivity contribution in [3.8, 4) is 0 Å². The van der Waals surface area contributed by atoms with Gasteiger partial charge in [0.05, 0.1) is 24.9 Å². The van der Waals surface area contributed by atoms with Gasteiger partial charge in [-0.2, -0.15) is 0 Å². The third-order valence-electron chi connectivity index (χ3n) is 8.76. The summed E-state index contributed by atoms with van der Waals surface area (Å²) in [6.45, 7) is 26.3. The van der Waals surface area contributed by atoms with Gasteiger partial charge in [-0.3, -0.25) is 9.36 Å². The molecule has 1 fully saturated rings. The number of fused-ring (bicyclic) bond motifs is 1. The monoisotopic (exact) mass is 597 g/mol. The Morgan fingerprint density at radius 3 is 2.28 bits per heavy atom. The molecule has 0 bridgehead atoms. The molecule has 0 aromatic carbocycles. The maximum atomic E-state index is 12.4. The van der Waals surface area contributed by atoms with Gasteiger partial charge < -0.3 is 18.9 Å². The first kappa shape index (κ1) is 32.1. The van der Waals surface area contributed by atoms with Crippen molar-refractivity contribution < 1.29 is 18.4 Å². The van der Waals surface area contributed by atoms with Crippen molar-refractivity contribution in [2.75, 3.05) is 17.8 Å². The largest absolute Gasteiger partial charge is 0.414 e. The molecule has 0 spiro atoms. The van der Waals surface area contributed by atoms with Crippen LogP contribution in [0, 0.1) is 5.92 Å². The van der Waals surface area contributed by atoms with Crippen LogP contribution in [0.5, 0.6) is 0 Å². The van der Waals surface area contributed by atoms with Gasteiger partial charge in [0.15, 0.2) is 33.6 Å². The topological polar surface area (TPSA) is 100 Å². The molecule has 0 aliphatic carbocycles. The molecule has 1 aliphatic heterocycles. The van der Waals surface area contributed by atoms with Crippen LogP contribution in [0.3, 0.4) is 0 Å². The summed E-state index contributed by atoms with van der Waals surface area (Å²) in [6.07, 6.45) is 3.01. The van der Waals surface area contributed by atoms with Crippen LogP contribution in [-0.4, -0.2) is 66.3 Å². The number of ether oxygens (including phenoxy) is 1. The van der Waals surface area contributed by atoms with E-state index in [1.165, 1.54) is 6.33 Å². The van der Waals surface area contributed by atoms with Crippen LogP contribution in [0.15, 0.2) is 12.7 Å². The lowest BCUT2D eigenvalue weighted by atomic mass is 10.0. The normalized spacial score (nSPS) is 23.1. The average molecular weight is 598 g/mol. The number of amides is 1. The van der Waals surface area contributed by atoms with Crippen LogP contribution in [0.25, 0.3) is 11.2 Å². The van der Waals surface area contributed by atoms with Gasteiger partial charge in [-0.1, -0.05) is 55.4 Å². The van der Waals surface area contributed by atoms with Crippen molar-refractivity contribution in [1.82, 2.24) is 19.5 Å². The summed E-state index contributed by atoms with van der Waals surface area (Å²) >= 11 is 6.75. The predicted octanol–water partition coefficient (Wildman–Crippen LogP) is 6.73. The summed E-state index contributed by atoms with van der Waals surface area (Å²) < 4.78 is 22.4. The van der Waals surface area contributed by atoms with Gasteiger partial charge in [-0.05, 0) is 36.3 Å². The van der Waals surface area contributed by atoms with E-state index in [0.29, 0.717) is 30.0 Å². The van der Waals surface area contributed by atoms with Crippen LogP contribution in [0.2, 0.25) is 36.3 Å². The van der Waals surface area contributed by atoms with Crippen LogP contribution in [0.4, 0.5) is 5.82 Å². The highest BCUT2D eigenvalue weighted by atomic mass is 35.5. The van der Waals surface area contributed by atoms with Gasteiger partial charge >= 0.3 is 0 Å². The Balaban J connectivity index is 2.01. The average Bonchev–Trinajstić information content (AvgIpc) is 3.38. The molecule has 220 valence electrons. The molecule has 3 heterocycles. The molecular weight excluding hydrogens is 550 g/mol. The number of carbonyl (C=O) groups is 1. The van der Waals surface area contributed by atoms with E-state index in [2.05, 4.69) is 88.0 Å². The fraction of sp³-hybridized carbons (Fsp3) is 0.778. The maximum absolute atomic E-state index is 12.4. The lowest BCUT2D eigenvalue weighted by Gasteiger charge is -2.44. The molecule has 1 amide bonds. The molecule has 1 saturated heterocycles. The Morgan fingerprint density at radius 1 is 1.13 bits per heavy atom. The van der Waals surface area contributed by atoms with Gasteiger partial charge in [-0.25, -0.2) is 15.0 Å². The highest BCUT2D eigenvalue weighted by molar-refractivity contribution is 6.74. The Labute approximate surface area is 241 Å². The zero-order chi connectivity index (χ0) is 29.6. The lowest BCUT2D eigenvalue weighted by Crippen LogP contribution is -2.55. The van der Waals surface area contributed by atoms with E-state index in [1.54, 1.807) is 6.33 Å². The Hall–Kier alpha value is -1.38. The molecule has 1 N–H and O–H groups in total. The van der Waals surface area contributed by atoms with Gasteiger partial charge in [0.25, 0.3) is 0 Å². The van der Waals surface area contributed by atoms with E-state index in [1.807, 2.05) is 18.4 Å². The zero-order valence-electron chi connectivity index (χ0n) is 25.8. The number of alkyl halides is 1. The van der Waals surface area contributed by atoms with Crippen LogP contribution < -0.4 is 5.32 Å². The van der Waals surface area contributed by atoms with Crippen molar-refractivity contribution in [2.45, 2.75) is 116 Å². The molecule has 0 saturated carbocycles. The second kappa shape index (κ2) is 11.1. The third kappa shape index (κ3) is 6.59. The standard InChI is InChI=1S/C27H48ClN5O4Si2/c1-18(2)24(34)32-22-21-23(30-16-29-22)33(17-31-21)20-13-19(37-39(11,12)26(6,7)8)27(14-28,36-20)15-35-38(9,10)25(3,4)5/h16-20H,13-15H2,1-12H3,(H,29,30,32,34)/t19?,20-,27-/m1/s1. The van der Waals surface area contributed by atoms with Crippen molar-refractivity contribution in [2.24, 2.45) is 5.92 Å². The van der Waals surface area contributed by atoms with E-state index < -0.39 is 28.5 Å². The first-order valence-electron chi connectivity index (χ1n) is 13.8. The smallest absolute Gasteiger partial charge is 0.228 e. The van der Waals surface area contributed by atoms with Gasteiger partial charge in [0.1, 0.15) is 18.2 Å². The molecule has 1 aliphatic rings. The minimum absolute atomic E-state index is 0.0158. The molecule has 39 heavy (non-hydrogen) atoms. The maximum Gasteiger partial charge on any atom is 0.228 e. The zero-order valence-corrected chi connectivity index (χ0v) is 28.6. The second-order valence-corrected chi connectivity index (χ2v) is 23.9. The minimum Gasteiger partial charge on any atom is -0.414 e. The molecule has 1 unspecified atom stereocenters. The summed E-state index contributed by atoms with van der Waals surface area (Å²) in [5, 5.41) is 2.92. The predicted molar refractivity (Wildman–Crippen MR) is 162 cm³/mol. The fourth-order valence-corrected chi connectivity index (χ4v) is 6.59. The Kier molecular flexibility index (Phi) is 9.17. The van der Waals surface area contributed by atoms with E-state index in [9.17, 15) is 4.79 Å². The summed E-state index contributed by atoms with van der Waals surface area (Å²) in [7, 11) is -4.26.